The molecule has 3 aromatic rings. The minimum atomic E-state index is -0.0253. The van der Waals surface area contributed by atoms with Crippen LogP contribution in [0.15, 0.2) is 33.9 Å². The van der Waals surface area contributed by atoms with E-state index >= 15 is 0 Å². The van der Waals surface area contributed by atoms with Gasteiger partial charge in [0, 0.05) is 19.3 Å². The zero-order valence-corrected chi connectivity index (χ0v) is 13.0. The molecule has 0 radical (unpaired) electrons. The van der Waals surface area contributed by atoms with Crippen LogP contribution in [0.2, 0.25) is 0 Å². The van der Waals surface area contributed by atoms with Gasteiger partial charge in [0.25, 0.3) is 5.56 Å². The van der Waals surface area contributed by atoms with Gasteiger partial charge in [-0.25, -0.2) is 9.97 Å². The number of aliphatic hydroxyl groups excluding tert-OH is 1. The number of thiophene rings is 1. The van der Waals surface area contributed by atoms with Crippen LogP contribution in [0.4, 0.5) is 0 Å². The maximum atomic E-state index is 12.2. The van der Waals surface area contributed by atoms with Crippen molar-refractivity contribution in [3.05, 3.63) is 40.0 Å². The van der Waals surface area contributed by atoms with Gasteiger partial charge in [-0.15, -0.1) is 11.3 Å². The third-order valence-corrected chi connectivity index (χ3v) is 5.12. The molecule has 0 unspecified atom stereocenters. The summed E-state index contributed by atoms with van der Waals surface area (Å²) >= 11 is 2.97. The van der Waals surface area contributed by atoms with Gasteiger partial charge in [-0.1, -0.05) is 11.8 Å². The number of aryl methyl sites for hydroxylation is 1. The van der Waals surface area contributed by atoms with Crippen molar-refractivity contribution in [3.8, 4) is 0 Å². The zero-order chi connectivity index (χ0) is 14.8. The summed E-state index contributed by atoms with van der Waals surface area (Å²) in [5, 5.41) is 11.8. The predicted octanol–water partition coefficient (Wildman–Crippen LogP) is 1.48. The summed E-state index contributed by atoms with van der Waals surface area (Å²) in [5.41, 5.74) is 1.54. The minimum absolute atomic E-state index is 0.00601. The molecule has 0 bridgehead atoms. The van der Waals surface area contributed by atoms with E-state index in [9.17, 15) is 4.79 Å². The van der Waals surface area contributed by atoms with Crippen molar-refractivity contribution in [2.45, 2.75) is 18.3 Å². The number of imidazole rings is 1. The van der Waals surface area contributed by atoms with E-state index < -0.39 is 0 Å². The van der Waals surface area contributed by atoms with Gasteiger partial charge in [-0.3, -0.25) is 9.36 Å². The Labute approximate surface area is 129 Å². The van der Waals surface area contributed by atoms with Crippen molar-refractivity contribution in [2.24, 2.45) is 7.05 Å². The first kappa shape index (κ1) is 14.3. The number of aliphatic hydroxyl groups is 1. The lowest BCUT2D eigenvalue weighted by Gasteiger charge is -2.06. The first-order valence-corrected chi connectivity index (χ1v) is 8.24. The Morgan fingerprint density at radius 3 is 3.05 bits per heavy atom. The number of hydrogen-bond acceptors (Lipinski definition) is 6. The van der Waals surface area contributed by atoms with E-state index in [0.29, 0.717) is 17.0 Å². The lowest BCUT2D eigenvalue weighted by molar-refractivity contribution is 0.271. The molecule has 0 aromatic carbocycles. The largest absolute Gasteiger partial charge is 0.390 e. The average Bonchev–Trinajstić information content (AvgIpc) is 3.09. The monoisotopic (exact) mass is 322 g/mol. The summed E-state index contributed by atoms with van der Waals surface area (Å²) < 4.78 is 4.18. The van der Waals surface area contributed by atoms with E-state index in [1.807, 2.05) is 23.1 Å². The van der Waals surface area contributed by atoms with Gasteiger partial charge in [0.2, 0.25) is 0 Å². The fourth-order valence-corrected chi connectivity index (χ4v) is 3.68. The van der Waals surface area contributed by atoms with Gasteiger partial charge in [0.1, 0.15) is 4.70 Å². The standard InChI is InChI=1S/C13H14N4O2S2/c1-16-9(7-18)6-14-13(16)21-5-3-17-8-15-10-2-4-20-11(10)12(17)19/h2,4,6,8,18H,3,5,7H2,1H3. The topological polar surface area (TPSA) is 72.9 Å². The molecule has 21 heavy (non-hydrogen) atoms. The molecule has 3 heterocycles. The third-order valence-electron chi connectivity index (χ3n) is 3.20. The molecule has 3 rings (SSSR count). The summed E-state index contributed by atoms with van der Waals surface area (Å²) in [6.07, 6.45) is 3.25. The third kappa shape index (κ3) is 2.74. The Morgan fingerprint density at radius 2 is 2.29 bits per heavy atom. The first-order valence-electron chi connectivity index (χ1n) is 6.37. The van der Waals surface area contributed by atoms with Crippen molar-refractivity contribution in [3.63, 3.8) is 0 Å². The molecule has 110 valence electrons. The fourth-order valence-electron chi connectivity index (χ4n) is 1.98. The van der Waals surface area contributed by atoms with Crippen LogP contribution in [-0.4, -0.2) is 30.0 Å². The van der Waals surface area contributed by atoms with Crippen LogP contribution in [0.3, 0.4) is 0 Å². The Kier molecular flexibility index (Phi) is 4.09. The molecule has 0 spiro atoms. The van der Waals surface area contributed by atoms with Crippen LogP contribution in [0.1, 0.15) is 5.69 Å². The molecule has 6 nitrogen and oxygen atoms in total. The second kappa shape index (κ2) is 6.00. The average molecular weight is 322 g/mol. The van der Waals surface area contributed by atoms with E-state index in [0.717, 1.165) is 16.4 Å². The molecule has 0 saturated carbocycles. The van der Waals surface area contributed by atoms with E-state index in [2.05, 4.69) is 9.97 Å². The van der Waals surface area contributed by atoms with Crippen molar-refractivity contribution in [2.75, 3.05) is 5.75 Å². The molecule has 8 heteroatoms. The number of hydrogen-bond donors (Lipinski definition) is 1. The van der Waals surface area contributed by atoms with Crippen molar-refractivity contribution in [1.82, 2.24) is 19.1 Å². The van der Waals surface area contributed by atoms with Gasteiger partial charge in [0.05, 0.1) is 30.3 Å². The minimum Gasteiger partial charge on any atom is -0.390 e. The number of nitrogens with zero attached hydrogens (tertiary/aromatic N) is 4. The fraction of sp³-hybridized carbons (Fsp3) is 0.308. The highest BCUT2D eigenvalue weighted by atomic mass is 32.2. The Morgan fingerprint density at radius 1 is 1.43 bits per heavy atom. The van der Waals surface area contributed by atoms with Crippen LogP contribution < -0.4 is 5.56 Å². The van der Waals surface area contributed by atoms with E-state index in [1.165, 1.54) is 11.3 Å². The predicted molar refractivity (Wildman–Crippen MR) is 83.7 cm³/mol. The second-order valence-electron chi connectivity index (χ2n) is 4.48. The molecular weight excluding hydrogens is 308 g/mol. The summed E-state index contributed by atoms with van der Waals surface area (Å²) in [6, 6.07) is 1.85. The van der Waals surface area contributed by atoms with E-state index in [1.54, 1.807) is 28.9 Å². The van der Waals surface area contributed by atoms with Crippen LogP contribution >= 0.6 is 23.1 Å². The quantitative estimate of drug-likeness (QED) is 0.720. The van der Waals surface area contributed by atoms with Crippen molar-refractivity contribution >= 4 is 33.3 Å². The molecule has 0 aliphatic heterocycles. The lowest BCUT2D eigenvalue weighted by atomic mass is 10.5. The van der Waals surface area contributed by atoms with Crippen LogP contribution in [0.5, 0.6) is 0 Å². The number of fused-ring (bicyclic) bond motifs is 1. The Hall–Kier alpha value is -1.64. The smallest absolute Gasteiger partial charge is 0.271 e. The molecular formula is C13H14N4O2S2. The van der Waals surface area contributed by atoms with Gasteiger partial charge in [-0.2, -0.15) is 0 Å². The second-order valence-corrected chi connectivity index (χ2v) is 6.45. The van der Waals surface area contributed by atoms with Crippen LogP contribution in [-0.2, 0) is 20.2 Å². The SMILES string of the molecule is Cn1c(CO)cnc1SCCn1cnc2ccsc2c1=O. The molecule has 0 amide bonds. The Balaban J connectivity index is 1.70. The van der Waals surface area contributed by atoms with Gasteiger partial charge in [0.15, 0.2) is 5.16 Å². The number of thioether (sulfide) groups is 1. The molecule has 3 aromatic heterocycles. The maximum Gasteiger partial charge on any atom is 0.271 e. The molecule has 0 saturated heterocycles. The first-order chi connectivity index (χ1) is 10.2. The number of rotatable bonds is 5. The van der Waals surface area contributed by atoms with Gasteiger partial charge < -0.3 is 9.67 Å². The number of aromatic nitrogens is 4. The summed E-state index contributed by atoms with van der Waals surface area (Å²) in [6.45, 7) is 0.550. The Bertz CT molecular complexity index is 821. The van der Waals surface area contributed by atoms with Gasteiger partial charge >= 0.3 is 0 Å². The molecule has 0 aliphatic carbocycles. The van der Waals surface area contributed by atoms with E-state index in [-0.39, 0.29) is 12.2 Å². The molecule has 0 aliphatic rings. The summed E-state index contributed by atoms with van der Waals surface area (Å²) in [4.78, 5) is 20.7. The molecule has 0 atom stereocenters. The normalized spacial score (nSPS) is 11.3. The van der Waals surface area contributed by atoms with E-state index in [4.69, 9.17) is 5.11 Å². The lowest BCUT2D eigenvalue weighted by Crippen LogP contribution is -2.20. The van der Waals surface area contributed by atoms with Gasteiger partial charge in [-0.05, 0) is 11.4 Å². The highest BCUT2D eigenvalue weighted by Gasteiger charge is 2.08. The highest BCUT2D eigenvalue weighted by molar-refractivity contribution is 7.99. The maximum absolute atomic E-state index is 12.2. The molecule has 0 fully saturated rings. The summed E-state index contributed by atoms with van der Waals surface area (Å²) in [5.74, 6) is 0.716. The van der Waals surface area contributed by atoms with Crippen molar-refractivity contribution in [1.29, 1.82) is 0 Å². The van der Waals surface area contributed by atoms with Crippen LogP contribution in [0, 0.1) is 0 Å². The highest BCUT2D eigenvalue weighted by Crippen LogP contribution is 2.18. The van der Waals surface area contributed by atoms with Crippen LogP contribution in [0.25, 0.3) is 10.2 Å². The zero-order valence-electron chi connectivity index (χ0n) is 11.4. The van der Waals surface area contributed by atoms with Crippen molar-refractivity contribution < 1.29 is 5.11 Å². The summed E-state index contributed by atoms with van der Waals surface area (Å²) in [7, 11) is 1.87. The molecule has 1 N–H and O–H groups in total.